The van der Waals surface area contributed by atoms with E-state index in [1.54, 1.807) is 24.4 Å². The number of allylic oxidation sites excluding steroid dienone is 2. The lowest BCUT2D eigenvalue weighted by molar-refractivity contribution is 0.415. The maximum Gasteiger partial charge on any atom is 0.163 e. The molecule has 0 bridgehead atoms. The minimum atomic E-state index is -0.268. The van der Waals surface area contributed by atoms with Crippen LogP contribution in [0.15, 0.2) is 35.7 Å². The fraction of sp³-hybridized carbons (Fsp3) is 0.0714. The predicted octanol–water partition coefficient (Wildman–Crippen LogP) is 2.41. The predicted molar refractivity (Wildman–Crippen MR) is 72.3 cm³/mol. The number of aromatic amines is 1. The lowest BCUT2D eigenvalue weighted by Crippen LogP contribution is -2.01. The number of anilines is 1. The van der Waals surface area contributed by atoms with Gasteiger partial charge in [0.25, 0.3) is 0 Å². The van der Waals surface area contributed by atoms with Gasteiger partial charge in [0.15, 0.2) is 5.57 Å². The fourth-order valence-corrected chi connectivity index (χ4v) is 1.78. The van der Waals surface area contributed by atoms with Crippen LogP contribution in [0.3, 0.4) is 0 Å². The highest BCUT2D eigenvalue weighted by molar-refractivity contribution is 5.93. The molecule has 2 rings (SSSR count). The van der Waals surface area contributed by atoms with Crippen LogP contribution in [0.5, 0.6) is 5.75 Å². The van der Waals surface area contributed by atoms with Crippen LogP contribution in [-0.2, 0) is 0 Å². The molecule has 0 aliphatic rings. The van der Waals surface area contributed by atoms with Crippen LogP contribution in [0, 0.1) is 34.0 Å². The van der Waals surface area contributed by atoms with E-state index in [0.29, 0.717) is 11.4 Å². The van der Waals surface area contributed by atoms with E-state index in [-0.39, 0.29) is 11.3 Å². The van der Waals surface area contributed by atoms with Gasteiger partial charge in [0.2, 0.25) is 0 Å². The van der Waals surface area contributed by atoms with Crippen LogP contribution in [0.25, 0.3) is 10.9 Å². The Labute approximate surface area is 115 Å². The van der Waals surface area contributed by atoms with Gasteiger partial charge in [-0.2, -0.15) is 15.8 Å². The molecule has 0 atom stereocenters. The van der Waals surface area contributed by atoms with E-state index in [2.05, 4.69) is 10.3 Å². The van der Waals surface area contributed by atoms with E-state index >= 15 is 0 Å². The van der Waals surface area contributed by atoms with Gasteiger partial charge in [0.05, 0.1) is 18.3 Å². The molecule has 96 valence electrons. The Morgan fingerprint density at radius 2 is 1.95 bits per heavy atom. The summed E-state index contributed by atoms with van der Waals surface area (Å²) in [5.74, 6) is 0.604. The third-order valence-corrected chi connectivity index (χ3v) is 2.71. The standard InChI is InChI=1S/C14H9N5O/c1-20-11-4-9-2-3-18-14(9)12(5-11)19-13(8-17)10(6-15)7-16/h2-5,18-19H,1H3. The van der Waals surface area contributed by atoms with E-state index in [9.17, 15) is 0 Å². The molecule has 0 spiro atoms. The van der Waals surface area contributed by atoms with Crippen molar-refractivity contribution in [3.05, 3.63) is 35.7 Å². The molecule has 1 aromatic carbocycles. The van der Waals surface area contributed by atoms with Gasteiger partial charge in [-0.3, -0.25) is 0 Å². The number of hydrogen-bond donors (Lipinski definition) is 2. The van der Waals surface area contributed by atoms with Crippen LogP contribution in [0.2, 0.25) is 0 Å². The van der Waals surface area contributed by atoms with Gasteiger partial charge in [-0.05, 0) is 12.1 Å². The van der Waals surface area contributed by atoms with Gasteiger partial charge in [0, 0.05) is 17.6 Å². The molecule has 0 amide bonds. The van der Waals surface area contributed by atoms with E-state index in [1.807, 2.05) is 18.2 Å². The van der Waals surface area contributed by atoms with Gasteiger partial charge in [0.1, 0.15) is 29.7 Å². The van der Waals surface area contributed by atoms with Gasteiger partial charge in [-0.15, -0.1) is 0 Å². The molecule has 0 aliphatic carbocycles. The first-order valence-corrected chi connectivity index (χ1v) is 5.60. The molecule has 6 heteroatoms. The summed E-state index contributed by atoms with van der Waals surface area (Å²) >= 11 is 0. The third-order valence-electron chi connectivity index (χ3n) is 2.71. The molecule has 0 saturated heterocycles. The summed E-state index contributed by atoms with van der Waals surface area (Å²) in [4.78, 5) is 3.03. The van der Waals surface area contributed by atoms with Gasteiger partial charge in [-0.1, -0.05) is 0 Å². The minimum absolute atomic E-state index is 0.0980. The van der Waals surface area contributed by atoms with Crippen molar-refractivity contribution >= 4 is 16.6 Å². The molecule has 2 N–H and O–H groups in total. The molecule has 0 fully saturated rings. The first-order valence-electron chi connectivity index (χ1n) is 5.60. The number of fused-ring (bicyclic) bond motifs is 1. The molecule has 2 aromatic rings. The maximum absolute atomic E-state index is 9.06. The fourth-order valence-electron chi connectivity index (χ4n) is 1.78. The summed E-state index contributed by atoms with van der Waals surface area (Å²) in [6, 6.07) is 10.6. The summed E-state index contributed by atoms with van der Waals surface area (Å²) in [5.41, 5.74) is 0.951. The topological polar surface area (TPSA) is 108 Å². The van der Waals surface area contributed by atoms with E-state index < -0.39 is 0 Å². The highest BCUT2D eigenvalue weighted by Gasteiger charge is 2.10. The first kappa shape index (κ1) is 13.0. The average molecular weight is 263 g/mol. The van der Waals surface area contributed by atoms with Gasteiger partial charge >= 0.3 is 0 Å². The number of ether oxygens (including phenoxy) is 1. The number of hydrogen-bond acceptors (Lipinski definition) is 5. The van der Waals surface area contributed by atoms with Crippen molar-refractivity contribution in [3.63, 3.8) is 0 Å². The lowest BCUT2D eigenvalue weighted by Gasteiger charge is -2.09. The third kappa shape index (κ3) is 2.25. The molecule has 6 nitrogen and oxygen atoms in total. The Hall–Kier alpha value is -3.43. The highest BCUT2D eigenvalue weighted by atomic mass is 16.5. The number of nitrogens with zero attached hydrogens (tertiary/aromatic N) is 3. The molecule has 20 heavy (non-hydrogen) atoms. The molecule has 0 unspecified atom stereocenters. The summed E-state index contributed by atoms with van der Waals surface area (Å²) in [7, 11) is 1.54. The monoisotopic (exact) mass is 263 g/mol. The Morgan fingerprint density at radius 3 is 2.55 bits per heavy atom. The second-order valence-electron chi connectivity index (χ2n) is 3.83. The van der Waals surface area contributed by atoms with Crippen molar-refractivity contribution in [1.29, 1.82) is 15.8 Å². The Bertz CT molecular complexity index is 795. The van der Waals surface area contributed by atoms with Crippen molar-refractivity contribution in [2.75, 3.05) is 12.4 Å². The van der Waals surface area contributed by atoms with Gasteiger partial charge < -0.3 is 15.0 Å². The average Bonchev–Trinajstić information content (AvgIpc) is 2.95. The van der Waals surface area contributed by atoms with E-state index in [4.69, 9.17) is 20.5 Å². The molecular formula is C14H9N5O. The summed E-state index contributed by atoms with van der Waals surface area (Å²) in [5, 5.41) is 30.4. The summed E-state index contributed by atoms with van der Waals surface area (Å²) in [6.45, 7) is 0. The molecule has 0 aliphatic heterocycles. The quantitative estimate of drug-likeness (QED) is 0.826. The van der Waals surface area contributed by atoms with Crippen molar-refractivity contribution in [2.45, 2.75) is 0 Å². The van der Waals surface area contributed by atoms with Crippen molar-refractivity contribution < 1.29 is 4.74 Å². The van der Waals surface area contributed by atoms with Crippen LogP contribution in [0.4, 0.5) is 5.69 Å². The largest absolute Gasteiger partial charge is 0.497 e. The number of nitriles is 3. The second-order valence-corrected chi connectivity index (χ2v) is 3.83. The van der Waals surface area contributed by atoms with Gasteiger partial charge in [-0.25, -0.2) is 0 Å². The first-order chi connectivity index (χ1) is 9.73. The van der Waals surface area contributed by atoms with Crippen LogP contribution in [0.1, 0.15) is 0 Å². The molecule has 1 heterocycles. The summed E-state index contributed by atoms with van der Waals surface area (Å²) < 4.78 is 5.18. The second kappa shape index (κ2) is 5.48. The van der Waals surface area contributed by atoms with Crippen molar-refractivity contribution in [2.24, 2.45) is 0 Å². The van der Waals surface area contributed by atoms with Crippen molar-refractivity contribution in [1.82, 2.24) is 4.98 Å². The molecule has 0 saturated carbocycles. The number of benzene rings is 1. The molecule has 1 aromatic heterocycles. The van der Waals surface area contributed by atoms with E-state index in [0.717, 1.165) is 10.9 Å². The summed E-state index contributed by atoms with van der Waals surface area (Å²) in [6.07, 6.45) is 1.75. The van der Waals surface area contributed by atoms with Crippen LogP contribution < -0.4 is 10.1 Å². The van der Waals surface area contributed by atoms with Crippen LogP contribution >= 0.6 is 0 Å². The number of nitrogens with one attached hydrogen (secondary N) is 2. The minimum Gasteiger partial charge on any atom is -0.497 e. The number of aromatic nitrogens is 1. The number of rotatable bonds is 3. The molecule has 0 radical (unpaired) electrons. The zero-order chi connectivity index (χ0) is 14.5. The Morgan fingerprint density at radius 1 is 1.20 bits per heavy atom. The van der Waals surface area contributed by atoms with Crippen molar-refractivity contribution in [3.8, 4) is 24.0 Å². The Balaban J connectivity index is 2.57. The lowest BCUT2D eigenvalue weighted by atomic mass is 10.2. The Kier molecular flexibility index (Phi) is 3.56. The zero-order valence-electron chi connectivity index (χ0n) is 10.6. The van der Waals surface area contributed by atoms with Crippen LogP contribution in [-0.4, -0.2) is 12.1 Å². The highest BCUT2D eigenvalue weighted by Crippen LogP contribution is 2.29. The normalized spacial score (nSPS) is 9.10. The zero-order valence-corrected chi connectivity index (χ0v) is 10.6. The molecular weight excluding hydrogens is 254 g/mol. The van der Waals surface area contributed by atoms with E-state index in [1.165, 1.54) is 7.11 Å². The number of H-pyrrole nitrogens is 1. The SMILES string of the molecule is COc1cc(NC(C#N)=C(C#N)C#N)c2[nH]ccc2c1. The maximum atomic E-state index is 9.06. The number of methoxy groups -OCH3 is 1. The smallest absolute Gasteiger partial charge is 0.163 e.